The smallest absolute Gasteiger partial charge is 0.250 e. The Kier molecular flexibility index (Phi) is 6.36. The number of phenols is 1. The fourth-order valence-electron chi connectivity index (χ4n) is 2.34. The molecule has 1 amide bonds. The molecular weight excluding hydrogens is 419 g/mol. The first kappa shape index (κ1) is 19.9. The van der Waals surface area contributed by atoms with E-state index in [4.69, 9.17) is 39.8 Å². The predicted octanol–water partition coefficient (Wildman–Crippen LogP) is 5.49. The molecule has 1 aromatic heterocycles. The number of para-hydroxylation sites is 2. The van der Waals surface area contributed by atoms with Crippen molar-refractivity contribution in [2.75, 3.05) is 5.32 Å². The Morgan fingerprint density at radius 1 is 1.07 bits per heavy atom. The zero-order valence-electron chi connectivity index (χ0n) is 14.3. The van der Waals surface area contributed by atoms with E-state index in [9.17, 15) is 9.90 Å². The molecule has 28 heavy (non-hydrogen) atoms. The second-order valence-electron chi connectivity index (χ2n) is 5.65. The van der Waals surface area contributed by atoms with Crippen LogP contribution in [0.15, 0.2) is 65.1 Å². The number of hydrogen-bond acceptors (Lipinski definition) is 4. The third kappa shape index (κ3) is 5.36. The first-order valence-electron chi connectivity index (χ1n) is 8.05. The first-order valence-corrected chi connectivity index (χ1v) is 9.21. The quantitative estimate of drug-likeness (QED) is 0.289. The molecule has 0 radical (unpaired) electrons. The number of nitrogens with one attached hydrogen (secondary N) is 2. The summed E-state index contributed by atoms with van der Waals surface area (Å²) in [7, 11) is 0. The van der Waals surface area contributed by atoms with Gasteiger partial charge in [0.15, 0.2) is 5.11 Å². The number of amides is 1. The highest BCUT2D eigenvalue weighted by atomic mass is 35.5. The van der Waals surface area contributed by atoms with Crippen molar-refractivity contribution in [3.05, 3.63) is 76.5 Å². The molecule has 5 nitrogen and oxygen atoms in total. The average molecular weight is 433 g/mol. The van der Waals surface area contributed by atoms with Gasteiger partial charge >= 0.3 is 0 Å². The Balaban J connectivity index is 1.61. The standard InChI is InChI=1S/C20H14Cl2N2O3S/c21-13-9-12(10-14(22)11-13)18-7-5-15(27-18)6-8-19(26)24-20(28)23-16-3-1-2-4-17(16)25/h1-11,25H,(H2,23,24,26,28)/b8-6+. The third-order valence-electron chi connectivity index (χ3n) is 3.56. The molecule has 0 bridgehead atoms. The van der Waals surface area contributed by atoms with Crippen LogP contribution in [0.5, 0.6) is 5.75 Å². The lowest BCUT2D eigenvalue weighted by atomic mass is 10.2. The largest absolute Gasteiger partial charge is 0.506 e. The Hall–Kier alpha value is -2.80. The van der Waals surface area contributed by atoms with Gasteiger partial charge in [-0.05, 0) is 60.8 Å². The molecule has 2 aromatic carbocycles. The maximum Gasteiger partial charge on any atom is 0.250 e. The van der Waals surface area contributed by atoms with Crippen molar-refractivity contribution in [3.8, 4) is 17.1 Å². The van der Waals surface area contributed by atoms with Crippen molar-refractivity contribution in [3.63, 3.8) is 0 Å². The zero-order chi connectivity index (χ0) is 20.1. The van der Waals surface area contributed by atoms with Gasteiger partial charge < -0.3 is 14.8 Å². The number of anilines is 1. The maximum absolute atomic E-state index is 12.0. The molecule has 0 aliphatic carbocycles. The molecule has 3 aromatic rings. The van der Waals surface area contributed by atoms with Crippen LogP contribution in [0.1, 0.15) is 5.76 Å². The van der Waals surface area contributed by atoms with E-state index < -0.39 is 5.91 Å². The van der Waals surface area contributed by atoms with Crippen LogP contribution < -0.4 is 10.6 Å². The van der Waals surface area contributed by atoms with Gasteiger partial charge in [-0.15, -0.1) is 0 Å². The summed E-state index contributed by atoms with van der Waals surface area (Å²) in [6, 6.07) is 15.1. The minimum atomic E-state index is -0.448. The number of aromatic hydroxyl groups is 1. The topological polar surface area (TPSA) is 74.5 Å². The summed E-state index contributed by atoms with van der Waals surface area (Å²) in [5.41, 5.74) is 1.13. The Labute approximate surface area is 176 Å². The number of halogens is 2. The molecule has 0 spiro atoms. The van der Waals surface area contributed by atoms with Crippen molar-refractivity contribution in [1.29, 1.82) is 0 Å². The third-order valence-corrected chi connectivity index (χ3v) is 4.20. The van der Waals surface area contributed by atoms with Crippen molar-refractivity contribution < 1.29 is 14.3 Å². The molecule has 0 aliphatic heterocycles. The molecule has 0 unspecified atom stereocenters. The zero-order valence-corrected chi connectivity index (χ0v) is 16.6. The molecule has 0 saturated carbocycles. The number of hydrogen-bond donors (Lipinski definition) is 3. The second-order valence-corrected chi connectivity index (χ2v) is 6.94. The van der Waals surface area contributed by atoms with Crippen molar-refractivity contribution in [2.24, 2.45) is 0 Å². The Morgan fingerprint density at radius 3 is 2.50 bits per heavy atom. The van der Waals surface area contributed by atoms with E-state index in [1.165, 1.54) is 18.2 Å². The van der Waals surface area contributed by atoms with Gasteiger partial charge in [-0.1, -0.05) is 35.3 Å². The van der Waals surface area contributed by atoms with Crippen LogP contribution >= 0.6 is 35.4 Å². The van der Waals surface area contributed by atoms with E-state index in [0.29, 0.717) is 27.3 Å². The van der Waals surface area contributed by atoms with Gasteiger partial charge in [0.05, 0.1) is 5.69 Å². The number of phenolic OH excluding ortho intramolecular Hbond substituents is 1. The first-order chi connectivity index (χ1) is 13.4. The van der Waals surface area contributed by atoms with Gasteiger partial charge in [-0.25, -0.2) is 0 Å². The average Bonchev–Trinajstić information content (AvgIpc) is 3.10. The number of thiocarbonyl (C=S) groups is 1. The normalized spacial score (nSPS) is 10.8. The Bertz CT molecular complexity index is 1040. The molecule has 142 valence electrons. The molecule has 8 heteroatoms. The molecule has 0 fully saturated rings. The summed E-state index contributed by atoms with van der Waals surface area (Å²) < 4.78 is 5.68. The molecule has 0 saturated heterocycles. The van der Waals surface area contributed by atoms with Gasteiger partial charge in [0, 0.05) is 21.7 Å². The lowest BCUT2D eigenvalue weighted by Gasteiger charge is -2.09. The van der Waals surface area contributed by atoms with Crippen molar-refractivity contribution in [2.45, 2.75) is 0 Å². The minimum Gasteiger partial charge on any atom is -0.506 e. The van der Waals surface area contributed by atoms with E-state index in [1.54, 1.807) is 48.5 Å². The summed E-state index contributed by atoms with van der Waals surface area (Å²) in [5, 5.41) is 16.0. The van der Waals surface area contributed by atoms with E-state index in [1.807, 2.05) is 0 Å². The summed E-state index contributed by atoms with van der Waals surface area (Å²) in [5.74, 6) is 0.623. The highest BCUT2D eigenvalue weighted by Gasteiger charge is 2.07. The van der Waals surface area contributed by atoms with Crippen LogP contribution in [0.2, 0.25) is 10.0 Å². The van der Waals surface area contributed by atoms with Crippen LogP contribution in [0.3, 0.4) is 0 Å². The number of benzene rings is 2. The molecule has 1 heterocycles. The lowest BCUT2D eigenvalue weighted by molar-refractivity contribution is -0.115. The molecule has 0 atom stereocenters. The van der Waals surface area contributed by atoms with Crippen LogP contribution in [0.4, 0.5) is 5.69 Å². The van der Waals surface area contributed by atoms with Crippen LogP contribution in [0.25, 0.3) is 17.4 Å². The van der Waals surface area contributed by atoms with E-state index in [2.05, 4.69) is 10.6 Å². The highest BCUT2D eigenvalue weighted by molar-refractivity contribution is 7.80. The summed E-state index contributed by atoms with van der Waals surface area (Å²) >= 11 is 17.1. The molecule has 3 rings (SSSR count). The van der Waals surface area contributed by atoms with Crippen LogP contribution in [-0.4, -0.2) is 16.1 Å². The summed E-state index contributed by atoms with van der Waals surface area (Å²) in [4.78, 5) is 12.0. The minimum absolute atomic E-state index is 0.0267. The molecule has 0 aliphatic rings. The second kappa shape index (κ2) is 8.93. The van der Waals surface area contributed by atoms with E-state index in [-0.39, 0.29) is 10.9 Å². The van der Waals surface area contributed by atoms with E-state index in [0.717, 1.165) is 5.56 Å². The van der Waals surface area contributed by atoms with Gasteiger partial charge in [-0.3, -0.25) is 10.1 Å². The summed E-state index contributed by atoms with van der Waals surface area (Å²) in [6.07, 6.45) is 2.79. The van der Waals surface area contributed by atoms with Crippen molar-refractivity contribution >= 4 is 58.2 Å². The molecule has 3 N–H and O–H groups in total. The number of carbonyl (C=O) groups excluding carboxylic acids is 1. The van der Waals surface area contributed by atoms with Crippen LogP contribution in [0, 0.1) is 0 Å². The van der Waals surface area contributed by atoms with Gasteiger partial charge in [0.25, 0.3) is 0 Å². The van der Waals surface area contributed by atoms with E-state index >= 15 is 0 Å². The number of carbonyl (C=O) groups is 1. The fourth-order valence-corrected chi connectivity index (χ4v) is 3.07. The number of furan rings is 1. The monoisotopic (exact) mass is 432 g/mol. The van der Waals surface area contributed by atoms with Crippen molar-refractivity contribution in [1.82, 2.24) is 5.32 Å². The predicted molar refractivity (Wildman–Crippen MR) is 116 cm³/mol. The lowest BCUT2D eigenvalue weighted by Crippen LogP contribution is -2.32. The molecular formula is C20H14Cl2N2O3S. The Morgan fingerprint density at radius 2 is 1.79 bits per heavy atom. The van der Waals surface area contributed by atoms with Gasteiger partial charge in [0.2, 0.25) is 5.91 Å². The number of rotatable bonds is 4. The maximum atomic E-state index is 12.0. The van der Waals surface area contributed by atoms with Gasteiger partial charge in [0.1, 0.15) is 17.3 Å². The SMILES string of the molecule is O=C(/C=C/c1ccc(-c2cc(Cl)cc(Cl)c2)o1)NC(=S)Nc1ccccc1O. The van der Waals surface area contributed by atoms with Crippen LogP contribution in [-0.2, 0) is 4.79 Å². The highest BCUT2D eigenvalue weighted by Crippen LogP contribution is 2.29. The van der Waals surface area contributed by atoms with Gasteiger partial charge in [-0.2, -0.15) is 0 Å². The summed E-state index contributed by atoms with van der Waals surface area (Å²) in [6.45, 7) is 0. The fraction of sp³-hybridized carbons (Fsp3) is 0.